The van der Waals surface area contributed by atoms with Crippen LogP contribution in [0.25, 0.3) is 0 Å². The van der Waals surface area contributed by atoms with Gasteiger partial charge in [-0.15, -0.1) is 0 Å². The largest absolute Gasteiger partial charge is 0.466 e. The Balaban J connectivity index is 2.17. The van der Waals surface area contributed by atoms with Gasteiger partial charge in [-0.2, -0.15) is 0 Å². The molecule has 0 aliphatic heterocycles. The molecule has 0 heterocycles. The molecular formula is C24H35N3O6. The number of nitrogens with one attached hydrogen (secondary N) is 2. The monoisotopic (exact) mass is 461 g/mol. The molecule has 1 fully saturated rings. The van der Waals surface area contributed by atoms with Crippen LogP contribution in [0.3, 0.4) is 0 Å². The molecule has 2 rings (SSSR count). The van der Waals surface area contributed by atoms with Gasteiger partial charge in [-0.3, -0.25) is 14.4 Å². The summed E-state index contributed by atoms with van der Waals surface area (Å²) in [6.45, 7) is 7.02. The van der Waals surface area contributed by atoms with E-state index >= 15 is 0 Å². The van der Waals surface area contributed by atoms with E-state index in [9.17, 15) is 19.2 Å². The summed E-state index contributed by atoms with van der Waals surface area (Å²) in [5, 5.41) is 5.25. The number of esters is 1. The highest BCUT2D eigenvalue weighted by Crippen LogP contribution is 2.33. The van der Waals surface area contributed by atoms with Gasteiger partial charge in [0.15, 0.2) is 0 Å². The third-order valence-electron chi connectivity index (χ3n) is 5.11. The van der Waals surface area contributed by atoms with Crippen LogP contribution in [0.15, 0.2) is 30.3 Å². The van der Waals surface area contributed by atoms with Crippen molar-refractivity contribution in [3.05, 3.63) is 35.9 Å². The van der Waals surface area contributed by atoms with E-state index in [2.05, 4.69) is 10.6 Å². The zero-order valence-corrected chi connectivity index (χ0v) is 19.9. The van der Waals surface area contributed by atoms with Crippen molar-refractivity contribution >= 4 is 23.9 Å². The second-order valence-electron chi connectivity index (χ2n) is 8.90. The van der Waals surface area contributed by atoms with Crippen molar-refractivity contribution in [3.8, 4) is 0 Å². The highest BCUT2D eigenvalue weighted by atomic mass is 16.6. The molecule has 1 atom stereocenters. The molecule has 1 aromatic carbocycles. The fraction of sp³-hybridized carbons (Fsp3) is 0.583. The maximum Gasteiger partial charge on any atom is 0.408 e. The summed E-state index contributed by atoms with van der Waals surface area (Å²) >= 11 is 0. The second-order valence-corrected chi connectivity index (χ2v) is 8.90. The summed E-state index contributed by atoms with van der Waals surface area (Å²) < 4.78 is 10.1. The Hall–Kier alpha value is -3.10. The predicted molar refractivity (Wildman–Crippen MR) is 122 cm³/mol. The van der Waals surface area contributed by atoms with Crippen LogP contribution in [0.5, 0.6) is 0 Å². The number of hydrogen-bond acceptors (Lipinski definition) is 6. The van der Waals surface area contributed by atoms with Gasteiger partial charge in [0.25, 0.3) is 0 Å². The first-order chi connectivity index (χ1) is 15.6. The molecule has 0 aromatic heterocycles. The normalized spacial score (nSPS) is 14.4. The van der Waals surface area contributed by atoms with Crippen LogP contribution in [0.4, 0.5) is 4.79 Å². The first-order valence-electron chi connectivity index (χ1n) is 11.4. The van der Waals surface area contributed by atoms with Crippen LogP contribution in [0.2, 0.25) is 0 Å². The zero-order valence-electron chi connectivity index (χ0n) is 19.9. The summed E-state index contributed by atoms with van der Waals surface area (Å²) in [7, 11) is 0. The van der Waals surface area contributed by atoms with E-state index in [0.29, 0.717) is 5.56 Å². The molecule has 9 nitrogen and oxygen atoms in total. The van der Waals surface area contributed by atoms with Crippen LogP contribution in [0, 0.1) is 0 Å². The number of amides is 3. The lowest BCUT2D eigenvalue weighted by atomic mass is 9.88. The molecule has 1 aliphatic rings. The van der Waals surface area contributed by atoms with E-state index in [0.717, 1.165) is 19.3 Å². The molecule has 0 saturated heterocycles. The van der Waals surface area contributed by atoms with Gasteiger partial charge in [0.2, 0.25) is 11.8 Å². The van der Waals surface area contributed by atoms with Crippen LogP contribution in [-0.4, -0.2) is 60.1 Å². The Labute approximate surface area is 195 Å². The maximum absolute atomic E-state index is 13.2. The molecular weight excluding hydrogens is 426 g/mol. The van der Waals surface area contributed by atoms with Crippen molar-refractivity contribution in [2.75, 3.05) is 19.7 Å². The Bertz CT molecular complexity index is 817. The number of alkyl carbamates (subject to hydrolysis) is 1. The topological polar surface area (TPSA) is 114 Å². The van der Waals surface area contributed by atoms with Crippen molar-refractivity contribution in [1.29, 1.82) is 0 Å². The Morgan fingerprint density at radius 2 is 1.76 bits per heavy atom. The number of nitrogens with zero attached hydrogens (tertiary/aromatic N) is 1. The second kappa shape index (κ2) is 12.2. The minimum Gasteiger partial charge on any atom is -0.466 e. The summed E-state index contributed by atoms with van der Waals surface area (Å²) in [6, 6.07) is 8.02. The molecule has 0 radical (unpaired) electrons. The van der Waals surface area contributed by atoms with Gasteiger partial charge in [0, 0.05) is 12.6 Å². The number of carbonyl (C=O) groups is 4. The van der Waals surface area contributed by atoms with Crippen molar-refractivity contribution in [3.63, 3.8) is 0 Å². The molecule has 3 amide bonds. The van der Waals surface area contributed by atoms with Gasteiger partial charge in [-0.05, 0) is 52.5 Å². The van der Waals surface area contributed by atoms with Crippen molar-refractivity contribution in [2.45, 2.75) is 71.1 Å². The van der Waals surface area contributed by atoms with Crippen LogP contribution in [0.1, 0.15) is 65.0 Å². The van der Waals surface area contributed by atoms with Gasteiger partial charge in [-0.1, -0.05) is 30.3 Å². The summed E-state index contributed by atoms with van der Waals surface area (Å²) in [6.07, 6.45) is 1.85. The van der Waals surface area contributed by atoms with Crippen LogP contribution >= 0.6 is 0 Å². The van der Waals surface area contributed by atoms with Gasteiger partial charge in [0.05, 0.1) is 13.0 Å². The first kappa shape index (κ1) is 26.2. The molecule has 0 spiro atoms. The Morgan fingerprint density at radius 3 is 2.30 bits per heavy atom. The predicted octanol–water partition coefficient (Wildman–Crippen LogP) is 2.70. The molecule has 182 valence electrons. The molecule has 1 aliphatic carbocycles. The third kappa shape index (κ3) is 8.40. The maximum atomic E-state index is 13.2. The SMILES string of the molecule is CCOC(=O)CCNC(=O)C(c1ccccc1)N(C(=O)CNC(=O)OC(C)(C)C)C1CCC1. The summed E-state index contributed by atoms with van der Waals surface area (Å²) in [5.41, 5.74) is -0.0322. The number of carbonyl (C=O) groups excluding carboxylic acids is 4. The average molecular weight is 462 g/mol. The number of hydrogen-bond donors (Lipinski definition) is 2. The van der Waals surface area contributed by atoms with E-state index in [1.165, 1.54) is 0 Å². The highest BCUT2D eigenvalue weighted by Gasteiger charge is 2.38. The fourth-order valence-electron chi connectivity index (χ4n) is 3.47. The average Bonchev–Trinajstić information content (AvgIpc) is 2.70. The zero-order chi connectivity index (χ0) is 24.4. The van der Waals surface area contributed by atoms with Crippen LogP contribution in [-0.2, 0) is 23.9 Å². The standard InChI is InChI=1S/C24H35N3O6/c1-5-32-20(29)14-15-25-22(30)21(17-10-7-6-8-11-17)27(18-12-9-13-18)19(28)16-26-23(31)33-24(2,3)4/h6-8,10-11,18,21H,5,9,12-16H2,1-4H3,(H,25,30)(H,26,31). The van der Waals surface area contributed by atoms with Crippen LogP contribution < -0.4 is 10.6 Å². The van der Waals surface area contributed by atoms with Gasteiger partial charge < -0.3 is 25.0 Å². The van der Waals surface area contributed by atoms with Gasteiger partial charge >= 0.3 is 12.1 Å². The first-order valence-corrected chi connectivity index (χ1v) is 11.4. The molecule has 1 saturated carbocycles. The molecule has 1 aromatic rings. The number of benzene rings is 1. The van der Waals surface area contributed by atoms with E-state index in [1.807, 2.05) is 6.07 Å². The minimum absolute atomic E-state index is 0.0403. The third-order valence-corrected chi connectivity index (χ3v) is 5.11. The fourth-order valence-corrected chi connectivity index (χ4v) is 3.47. The van der Waals surface area contributed by atoms with Crippen molar-refractivity contribution < 1.29 is 28.7 Å². The highest BCUT2D eigenvalue weighted by molar-refractivity contribution is 5.91. The van der Waals surface area contributed by atoms with Gasteiger partial charge in [-0.25, -0.2) is 4.79 Å². The number of ether oxygens (including phenoxy) is 2. The Kier molecular flexibility index (Phi) is 9.69. The molecule has 1 unspecified atom stereocenters. The van der Waals surface area contributed by atoms with E-state index in [4.69, 9.17) is 9.47 Å². The van der Waals surface area contributed by atoms with E-state index < -0.39 is 23.7 Å². The number of rotatable bonds is 10. The van der Waals surface area contributed by atoms with Gasteiger partial charge in [0.1, 0.15) is 18.2 Å². The van der Waals surface area contributed by atoms with Crippen molar-refractivity contribution in [2.24, 2.45) is 0 Å². The Morgan fingerprint density at radius 1 is 1.09 bits per heavy atom. The van der Waals surface area contributed by atoms with E-state index in [-0.39, 0.29) is 44.0 Å². The molecule has 0 bridgehead atoms. The minimum atomic E-state index is -0.883. The smallest absolute Gasteiger partial charge is 0.408 e. The van der Waals surface area contributed by atoms with Crippen molar-refractivity contribution in [1.82, 2.24) is 15.5 Å². The van der Waals surface area contributed by atoms with E-state index in [1.54, 1.807) is 56.9 Å². The summed E-state index contributed by atoms with van der Waals surface area (Å²) in [5.74, 6) is -1.16. The lowest BCUT2D eigenvalue weighted by molar-refractivity contribution is -0.146. The summed E-state index contributed by atoms with van der Waals surface area (Å²) in [4.78, 5) is 51.7. The molecule has 9 heteroatoms. The lowest BCUT2D eigenvalue weighted by Crippen LogP contribution is -2.54. The quantitative estimate of drug-likeness (QED) is 0.518. The lowest BCUT2D eigenvalue weighted by Gasteiger charge is -2.42. The molecule has 2 N–H and O–H groups in total. The molecule has 33 heavy (non-hydrogen) atoms.